The van der Waals surface area contributed by atoms with Gasteiger partial charge in [0, 0.05) is 11.1 Å². The highest BCUT2D eigenvalue weighted by atomic mass is 35.5. The summed E-state index contributed by atoms with van der Waals surface area (Å²) < 4.78 is 11.0. The lowest BCUT2D eigenvalue weighted by Crippen LogP contribution is -2.41. The molecule has 0 saturated carbocycles. The fourth-order valence-electron chi connectivity index (χ4n) is 3.46. The maximum atomic E-state index is 12.5. The van der Waals surface area contributed by atoms with E-state index in [0.29, 0.717) is 18.1 Å². The van der Waals surface area contributed by atoms with Crippen molar-refractivity contribution in [1.82, 2.24) is 16.3 Å². The number of rotatable bonds is 8. The van der Waals surface area contributed by atoms with Crippen molar-refractivity contribution in [1.29, 1.82) is 0 Å². The quantitative estimate of drug-likeness (QED) is 0.347. The van der Waals surface area contributed by atoms with E-state index in [-0.39, 0.29) is 11.9 Å². The Hall–Kier alpha value is -3.39. The number of hydrogen-bond acceptors (Lipinski definition) is 6. The van der Waals surface area contributed by atoms with E-state index in [1.54, 1.807) is 13.3 Å². The Kier molecular flexibility index (Phi) is 7.57. The van der Waals surface area contributed by atoms with Crippen LogP contribution in [0.1, 0.15) is 29.2 Å². The number of benzene rings is 3. The summed E-state index contributed by atoms with van der Waals surface area (Å²) >= 11 is 5.91. The number of hydrazone groups is 1. The molecule has 1 heterocycles. The third kappa shape index (κ3) is 6.32. The standard InChI is InChI=1S/C25H25ClN4O3/c1-32-22-4-2-3-18(13-22)15-27-30-25(31)24-14-23(28-29-24)19-7-11-21(12-8-19)33-16-17-5-9-20(26)10-6-17/h2-13,15,23-24,28-29H,14,16H2,1H3,(H,30,31)/b27-15+. The third-order valence-electron chi connectivity index (χ3n) is 5.30. The van der Waals surface area contributed by atoms with Crippen LogP contribution in [0, 0.1) is 0 Å². The monoisotopic (exact) mass is 464 g/mol. The molecule has 1 amide bonds. The van der Waals surface area contributed by atoms with Gasteiger partial charge < -0.3 is 9.47 Å². The normalized spacial score (nSPS) is 17.8. The van der Waals surface area contributed by atoms with Gasteiger partial charge in [0.05, 0.1) is 13.3 Å². The Morgan fingerprint density at radius 2 is 1.88 bits per heavy atom. The number of nitrogens with one attached hydrogen (secondary N) is 3. The zero-order chi connectivity index (χ0) is 23.0. The fraction of sp³-hybridized carbons (Fsp3) is 0.200. The van der Waals surface area contributed by atoms with Crippen molar-refractivity contribution in [2.24, 2.45) is 5.10 Å². The molecule has 8 heteroatoms. The van der Waals surface area contributed by atoms with Crippen LogP contribution in [0.15, 0.2) is 77.9 Å². The molecule has 7 nitrogen and oxygen atoms in total. The molecule has 0 bridgehead atoms. The van der Waals surface area contributed by atoms with E-state index in [4.69, 9.17) is 21.1 Å². The van der Waals surface area contributed by atoms with Crippen LogP contribution in [0.3, 0.4) is 0 Å². The average Bonchev–Trinajstić information content (AvgIpc) is 3.35. The van der Waals surface area contributed by atoms with Gasteiger partial charge in [-0.2, -0.15) is 5.10 Å². The summed E-state index contributed by atoms with van der Waals surface area (Å²) in [5.74, 6) is 1.31. The highest BCUT2D eigenvalue weighted by Crippen LogP contribution is 2.25. The van der Waals surface area contributed by atoms with E-state index in [2.05, 4.69) is 21.4 Å². The molecule has 0 aromatic heterocycles. The van der Waals surface area contributed by atoms with Gasteiger partial charge in [-0.25, -0.2) is 16.3 Å². The van der Waals surface area contributed by atoms with E-state index in [1.165, 1.54) is 0 Å². The zero-order valence-corrected chi connectivity index (χ0v) is 18.9. The van der Waals surface area contributed by atoms with Crippen LogP contribution < -0.4 is 25.8 Å². The molecule has 0 aliphatic carbocycles. The SMILES string of the molecule is COc1cccc(/C=N/NC(=O)C2CC(c3ccc(OCc4ccc(Cl)cc4)cc3)NN2)c1. The lowest BCUT2D eigenvalue weighted by molar-refractivity contribution is -0.122. The van der Waals surface area contributed by atoms with Crippen molar-refractivity contribution in [3.8, 4) is 11.5 Å². The highest BCUT2D eigenvalue weighted by molar-refractivity contribution is 6.30. The van der Waals surface area contributed by atoms with E-state index >= 15 is 0 Å². The van der Waals surface area contributed by atoms with Gasteiger partial charge in [0.1, 0.15) is 24.1 Å². The Bertz CT molecular complexity index is 1100. The molecule has 2 atom stereocenters. The second-order valence-electron chi connectivity index (χ2n) is 7.62. The van der Waals surface area contributed by atoms with Crippen LogP contribution >= 0.6 is 11.6 Å². The van der Waals surface area contributed by atoms with Gasteiger partial charge in [-0.3, -0.25) is 4.79 Å². The summed E-state index contributed by atoms with van der Waals surface area (Å²) in [5, 5.41) is 4.75. The Morgan fingerprint density at radius 1 is 1.09 bits per heavy atom. The van der Waals surface area contributed by atoms with Gasteiger partial charge in [-0.1, -0.05) is 48.0 Å². The molecule has 33 heavy (non-hydrogen) atoms. The maximum absolute atomic E-state index is 12.5. The van der Waals surface area contributed by atoms with Gasteiger partial charge in [0.15, 0.2) is 0 Å². The van der Waals surface area contributed by atoms with E-state index in [0.717, 1.165) is 28.2 Å². The van der Waals surface area contributed by atoms with Gasteiger partial charge >= 0.3 is 0 Å². The van der Waals surface area contributed by atoms with Crippen molar-refractivity contribution >= 4 is 23.7 Å². The van der Waals surface area contributed by atoms with Gasteiger partial charge in [0.2, 0.25) is 0 Å². The Balaban J connectivity index is 1.26. The fourth-order valence-corrected chi connectivity index (χ4v) is 3.59. The Labute approximate surface area is 197 Å². The molecule has 4 rings (SSSR count). The minimum atomic E-state index is -0.390. The Morgan fingerprint density at radius 3 is 2.64 bits per heavy atom. The number of hydrogen-bond donors (Lipinski definition) is 3. The molecule has 0 spiro atoms. The average molecular weight is 465 g/mol. The zero-order valence-electron chi connectivity index (χ0n) is 18.1. The predicted octanol–water partition coefficient (Wildman–Crippen LogP) is 3.99. The first-order chi connectivity index (χ1) is 16.1. The van der Waals surface area contributed by atoms with Crippen molar-refractivity contribution < 1.29 is 14.3 Å². The number of nitrogens with zero attached hydrogens (tertiary/aromatic N) is 1. The van der Waals surface area contributed by atoms with E-state index < -0.39 is 6.04 Å². The van der Waals surface area contributed by atoms with E-state index in [9.17, 15) is 4.79 Å². The van der Waals surface area contributed by atoms with Crippen LogP contribution in [0.25, 0.3) is 0 Å². The summed E-state index contributed by atoms with van der Waals surface area (Å²) in [7, 11) is 1.61. The largest absolute Gasteiger partial charge is 0.497 e. The molecular formula is C25H25ClN4O3. The molecule has 0 radical (unpaired) electrons. The number of ether oxygens (including phenoxy) is 2. The number of halogens is 1. The lowest BCUT2D eigenvalue weighted by Gasteiger charge is -2.11. The molecule has 1 aliphatic heterocycles. The first kappa shape index (κ1) is 22.8. The van der Waals surface area contributed by atoms with E-state index in [1.807, 2.05) is 72.8 Å². The summed E-state index contributed by atoms with van der Waals surface area (Å²) in [6.07, 6.45) is 2.19. The van der Waals surface area contributed by atoms with Crippen LogP contribution in [0.4, 0.5) is 0 Å². The molecule has 1 aliphatic rings. The minimum Gasteiger partial charge on any atom is -0.497 e. The molecule has 3 aromatic carbocycles. The van der Waals surface area contributed by atoms with Crippen molar-refractivity contribution in [3.05, 3.63) is 94.5 Å². The second-order valence-corrected chi connectivity index (χ2v) is 8.06. The van der Waals surface area contributed by atoms with Crippen molar-refractivity contribution in [2.45, 2.75) is 25.1 Å². The first-order valence-corrected chi connectivity index (χ1v) is 10.9. The van der Waals surface area contributed by atoms with Gasteiger partial charge in [0.25, 0.3) is 5.91 Å². The second kappa shape index (κ2) is 11.0. The number of hydrazine groups is 1. The van der Waals surface area contributed by atoms with Gasteiger partial charge in [-0.15, -0.1) is 0 Å². The molecule has 170 valence electrons. The molecular weight excluding hydrogens is 440 g/mol. The van der Waals surface area contributed by atoms with Crippen LogP contribution in [-0.4, -0.2) is 25.3 Å². The lowest BCUT2D eigenvalue weighted by atomic mass is 10.0. The molecule has 1 fully saturated rings. The number of carbonyl (C=O) groups excluding carboxylic acids is 1. The highest BCUT2D eigenvalue weighted by Gasteiger charge is 2.30. The predicted molar refractivity (Wildman–Crippen MR) is 128 cm³/mol. The van der Waals surface area contributed by atoms with Gasteiger partial charge in [-0.05, 0) is 59.5 Å². The van der Waals surface area contributed by atoms with Crippen LogP contribution in [0.2, 0.25) is 5.02 Å². The maximum Gasteiger partial charge on any atom is 0.258 e. The topological polar surface area (TPSA) is 84.0 Å². The smallest absolute Gasteiger partial charge is 0.258 e. The minimum absolute atomic E-state index is 0.00780. The summed E-state index contributed by atoms with van der Waals surface area (Å²) in [6, 6.07) is 22.5. The van der Waals surface area contributed by atoms with Crippen molar-refractivity contribution in [2.75, 3.05) is 7.11 Å². The third-order valence-corrected chi connectivity index (χ3v) is 5.56. The summed E-state index contributed by atoms with van der Waals surface area (Å²) in [5.41, 5.74) is 11.8. The number of amides is 1. The summed E-state index contributed by atoms with van der Waals surface area (Å²) in [6.45, 7) is 0.471. The number of carbonyl (C=O) groups is 1. The molecule has 2 unspecified atom stereocenters. The molecule has 3 aromatic rings. The first-order valence-electron chi connectivity index (χ1n) is 10.6. The van der Waals surface area contributed by atoms with Crippen LogP contribution in [0.5, 0.6) is 11.5 Å². The van der Waals surface area contributed by atoms with Crippen molar-refractivity contribution in [3.63, 3.8) is 0 Å². The molecule has 1 saturated heterocycles. The van der Waals surface area contributed by atoms with Crippen LogP contribution in [-0.2, 0) is 11.4 Å². The summed E-state index contributed by atoms with van der Waals surface area (Å²) in [4.78, 5) is 12.5. The number of methoxy groups -OCH3 is 1. The molecule has 3 N–H and O–H groups in total.